The number of rotatable bonds is 8. The highest BCUT2D eigenvalue weighted by atomic mass is 16.5. The average Bonchev–Trinajstić information content (AvgIpc) is 3.37. The topological polar surface area (TPSA) is 47.9 Å². The van der Waals surface area contributed by atoms with Gasteiger partial charge in [-0.25, -0.2) is 15.0 Å². The van der Waals surface area contributed by atoms with Crippen LogP contribution in [-0.4, -0.2) is 15.0 Å². The highest BCUT2D eigenvalue weighted by Gasteiger charge is 2.44. The fraction of sp³-hybridized carbons (Fsp3) is 0.0172. The Morgan fingerprint density at radius 3 is 1.06 bits per heavy atom. The van der Waals surface area contributed by atoms with Crippen LogP contribution in [0.5, 0.6) is 5.75 Å². The molecule has 0 saturated heterocycles. The summed E-state index contributed by atoms with van der Waals surface area (Å²) in [6.45, 7) is 0. The van der Waals surface area contributed by atoms with Crippen LogP contribution in [-0.2, 0) is 5.60 Å². The molecule has 62 heavy (non-hydrogen) atoms. The zero-order valence-electron chi connectivity index (χ0n) is 33.8. The van der Waals surface area contributed by atoms with Crippen LogP contribution in [0.3, 0.4) is 0 Å². The second-order valence-electron chi connectivity index (χ2n) is 15.5. The van der Waals surface area contributed by atoms with Crippen molar-refractivity contribution >= 4 is 0 Å². The standard InChI is InChI=1S/C58H39N3O/c1-5-15-40(16-6-1)42-25-31-45(32-26-42)55-59-56(46-33-27-43(28-34-46)41-17-7-2-8-18-41)61-57(60-55)47-35-29-44(30-36-47)48-37-38-52-51-23-13-14-24-53(51)58(62-54(52)39-48,49-19-9-3-10-20-49)50-21-11-4-12-22-50/h1-39H. The van der Waals surface area contributed by atoms with Gasteiger partial charge in [-0.1, -0.05) is 231 Å². The quantitative estimate of drug-likeness (QED) is 0.154. The van der Waals surface area contributed by atoms with E-state index in [1.54, 1.807) is 0 Å². The maximum absolute atomic E-state index is 7.32. The third-order valence-electron chi connectivity index (χ3n) is 11.8. The molecule has 0 radical (unpaired) electrons. The van der Waals surface area contributed by atoms with Crippen LogP contribution in [0, 0.1) is 0 Å². The largest absolute Gasteiger partial charge is 0.472 e. The zero-order chi connectivity index (χ0) is 41.3. The molecule has 10 aromatic rings. The van der Waals surface area contributed by atoms with Crippen molar-refractivity contribution in [2.75, 3.05) is 0 Å². The molecule has 11 rings (SSSR count). The van der Waals surface area contributed by atoms with E-state index in [4.69, 9.17) is 19.7 Å². The van der Waals surface area contributed by atoms with Gasteiger partial charge in [-0.05, 0) is 45.0 Å². The van der Waals surface area contributed by atoms with Crippen LogP contribution >= 0.6 is 0 Å². The van der Waals surface area contributed by atoms with Gasteiger partial charge in [0.05, 0.1) is 0 Å². The van der Waals surface area contributed by atoms with Gasteiger partial charge in [-0.15, -0.1) is 0 Å². The molecule has 9 aromatic carbocycles. The third-order valence-corrected chi connectivity index (χ3v) is 11.8. The van der Waals surface area contributed by atoms with E-state index < -0.39 is 5.60 Å². The summed E-state index contributed by atoms with van der Waals surface area (Å²) in [5.41, 5.74) is 14.1. The van der Waals surface area contributed by atoms with Crippen molar-refractivity contribution in [3.05, 3.63) is 253 Å². The number of hydrogen-bond donors (Lipinski definition) is 0. The Kier molecular flexibility index (Phi) is 9.36. The van der Waals surface area contributed by atoms with Crippen molar-refractivity contribution in [2.24, 2.45) is 0 Å². The molecule has 1 aromatic heterocycles. The Balaban J connectivity index is 0.969. The lowest BCUT2D eigenvalue weighted by Crippen LogP contribution is -2.38. The molecule has 0 bridgehead atoms. The summed E-state index contributed by atoms with van der Waals surface area (Å²) in [5, 5.41) is 0. The summed E-state index contributed by atoms with van der Waals surface area (Å²) in [6, 6.07) is 82.4. The Morgan fingerprint density at radius 1 is 0.274 bits per heavy atom. The predicted molar refractivity (Wildman–Crippen MR) is 251 cm³/mol. The summed E-state index contributed by atoms with van der Waals surface area (Å²) in [5.74, 6) is 2.68. The van der Waals surface area contributed by atoms with Crippen molar-refractivity contribution < 1.29 is 4.74 Å². The summed E-state index contributed by atoms with van der Waals surface area (Å²) < 4.78 is 7.32. The van der Waals surface area contributed by atoms with Gasteiger partial charge in [0.2, 0.25) is 0 Å². The smallest absolute Gasteiger partial charge is 0.185 e. The molecule has 4 nitrogen and oxygen atoms in total. The summed E-state index contributed by atoms with van der Waals surface area (Å²) in [6.07, 6.45) is 0. The van der Waals surface area contributed by atoms with Gasteiger partial charge in [0.1, 0.15) is 5.75 Å². The molecule has 2 heterocycles. The number of hydrogen-bond acceptors (Lipinski definition) is 4. The number of ether oxygens (including phenoxy) is 1. The highest BCUT2D eigenvalue weighted by Crippen LogP contribution is 2.52. The Morgan fingerprint density at radius 2 is 0.613 bits per heavy atom. The van der Waals surface area contributed by atoms with Gasteiger partial charge in [0.15, 0.2) is 23.1 Å². The lowest BCUT2D eigenvalue weighted by atomic mass is 9.75. The first-order valence-electron chi connectivity index (χ1n) is 20.9. The SMILES string of the molecule is c1ccc(-c2ccc(-c3nc(-c4ccc(-c5ccccc5)cc4)nc(-c4ccc(-c5ccc6c(c5)OC(c5ccccc5)(c5ccccc5)c5ccccc5-6)cc4)n3)cc2)cc1. The molecule has 1 aliphatic rings. The van der Waals surface area contributed by atoms with Crippen LogP contribution in [0.1, 0.15) is 16.7 Å². The monoisotopic (exact) mass is 793 g/mol. The molecule has 0 spiro atoms. The second-order valence-corrected chi connectivity index (χ2v) is 15.5. The molecule has 0 aliphatic carbocycles. The van der Waals surface area contributed by atoms with E-state index >= 15 is 0 Å². The average molecular weight is 794 g/mol. The van der Waals surface area contributed by atoms with Crippen molar-refractivity contribution in [3.63, 3.8) is 0 Å². The van der Waals surface area contributed by atoms with Gasteiger partial charge >= 0.3 is 0 Å². The van der Waals surface area contributed by atoms with Crippen molar-refractivity contribution in [2.45, 2.75) is 5.60 Å². The predicted octanol–water partition coefficient (Wildman–Crippen LogP) is 14.2. The summed E-state index contributed by atoms with van der Waals surface area (Å²) >= 11 is 0. The molecule has 0 N–H and O–H groups in total. The lowest BCUT2D eigenvalue weighted by molar-refractivity contribution is 0.152. The van der Waals surface area contributed by atoms with Crippen molar-refractivity contribution in [1.82, 2.24) is 15.0 Å². The molecule has 1 aliphatic heterocycles. The van der Waals surface area contributed by atoms with Gasteiger partial charge in [0, 0.05) is 38.9 Å². The van der Waals surface area contributed by atoms with Gasteiger partial charge < -0.3 is 4.74 Å². The molecule has 292 valence electrons. The van der Waals surface area contributed by atoms with E-state index in [2.05, 4.69) is 224 Å². The molecule has 0 saturated carbocycles. The summed E-state index contributed by atoms with van der Waals surface area (Å²) in [7, 11) is 0. The molecule has 4 heteroatoms. The van der Waals surface area contributed by atoms with Crippen LogP contribution in [0.15, 0.2) is 237 Å². The molecule has 0 unspecified atom stereocenters. The number of benzene rings is 9. The van der Waals surface area contributed by atoms with Gasteiger partial charge in [0.25, 0.3) is 0 Å². The molecule has 0 amide bonds. The van der Waals surface area contributed by atoms with E-state index in [9.17, 15) is 0 Å². The third kappa shape index (κ3) is 6.74. The Bertz CT molecular complexity index is 3010. The second kappa shape index (κ2) is 15.8. The van der Waals surface area contributed by atoms with Crippen LogP contribution in [0.25, 0.3) is 78.7 Å². The van der Waals surface area contributed by atoms with Crippen LogP contribution in [0.2, 0.25) is 0 Å². The van der Waals surface area contributed by atoms with E-state index in [1.165, 1.54) is 0 Å². The molecular formula is C58H39N3O. The number of aromatic nitrogens is 3. The fourth-order valence-electron chi connectivity index (χ4n) is 8.65. The van der Waals surface area contributed by atoms with E-state index in [0.717, 1.165) is 83.6 Å². The van der Waals surface area contributed by atoms with E-state index in [-0.39, 0.29) is 0 Å². The van der Waals surface area contributed by atoms with Gasteiger partial charge in [-0.3, -0.25) is 0 Å². The van der Waals surface area contributed by atoms with Crippen LogP contribution in [0.4, 0.5) is 0 Å². The molecule has 0 fully saturated rings. The fourth-order valence-corrected chi connectivity index (χ4v) is 8.65. The first kappa shape index (κ1) is 36.8. The minimum Gasteiger partial charge on any atom is -0.472 e. The number of fused-ring (bicyclic) bond motifs is 3. The van der Waals surface area contributed by atoms with E-state index in [1.807, 2.05) is 12.1 Å². The summed E-state index contributed by atoms with van der Waals surface area (Å²) in [4.78, 5) is 15.2. The maximum Gasteiger partial charge on any atom is 0.185 e. The zero-order valence-corrected chi connectivity index (χ0v) is 33.8. The van der Waals surface area contributed by atoms with Crippen molar-refractivity contribution in [1.29, 1.82) is 0 Å². The Hall–Kier alpha value is -8.21. The first-order chi connectivity index (χ1) is 30.7. The molecule has 0 atom stereocenters. The minimum absolute atomic E-state index is 0.608. The first-order valence-corrected chi connectivity index (χ1v) is 20.9. The number of nitrogens with zero attached hydrogens (tertiary/aromatic N) is 3. The van der Waals surface area contributed by atoms with Crippen molar-refractivity contribution in [3.8, 4) is 84.4 Å². The minimum atomic E-state index is -0.827. The normalized spacial score (nSPS) is 12.5. The van der Waals surface area contributed by atoms with Crippen LogP contribution < -0.4 is 4.74 Å². The highest BCUT2D eigenvalue weighted by molar-refractivity contribution is 5.83. The maximum atomic E-state index is 7.32. The van der Waals surface area contributed by atoms with Gasteiger partial charge in [-0.2, -0.15) is 0 Å². The molecular weight excluding hydrogens is 755 g/mol. The lowest BCUT2D eigenvalue weighted by Gasteiger charge is -2.41. The van der Waals surface area contributed by atoms with E-state index in [0.29, 0.717) is 17.5 Å². The Labute approximate surface area is 361 Å².